The van der Waals surface area contributed by atoms with E-state index in [9.17, 15) is 0 Å². The zero-order valence-electron chi connectivity index (χ0n) is 22.1. The summed E-state index contributed by atoms with van der Waals surface area (Å²) in [7, 11) is 1.70. The summed E-state index contributed by atoms with van der Waals surface area (Å²) in [4.78, 5) is 2.38. The largest absolute Gasteiger partial charge is 0.497 e. The molecule has 0 fully saturated rings. The molecule has 0 aliphatic heterocycles. The highest BCUT2D eigenvalue weighted by molar-refractivity contribution is 6.31. The number of rotatable bonds is 8. The van der Waals surface area contributed by atoms with Gasteiger partial charge in [0.25, 0.3) is 0 Å². The predicted molar refractivity (Wildman–Crippen MR) is 150 cm³/mol. The molecule has 3 rings (SSSR count). The number of allylic oxidation sites excluding steroid dienone is 1. The molecule has 0 radical (unpaired) electrons. The van der Waals surface area contributed by atoms with E-state index >= 15 is 0 Å². The molecule has 0 saturated carbocycles. The minimum Gasteiger partial charge on any atom is -0.497 e. The molecule has 0 saturated heterocycles. The molecule has 0 aliphatic rings. The van der Waals surface area contributed by atoms with Crippen LogP contribution in [0.3, 0.4) is 0 Å². The molecule has 2 nitrogen and oxygen atoms in total. The van der Waals surface area contributed by atoms with Gasteiger partial charge in [0.1, 0.15) is 5.75 Å². The molecule has 0 heterocycles. The Morgan fingerprint density at radius 1 is 0.941 bits per heavy atom. The molecule has 3 aromatic rings. The van der Waals surface area contributed by atoms with Gasteiger partial charge >= 0.3 is 0 Å². The van der Waals surface area contributed by atoms with Crippen molar-refractivity contribution >= 4 is 23.0 Å². The number of benzene rings is 3. The Morgan fingerprint density at radius 3 is 2.12 bits per heavy atom. The minimum atomic E-state index is 0.641. The lowest BCUT2D eigenvalue weighted by Gasteiger charge is -2.31. The minimum absolute atomic E-state index is 0.641. The summed E-state index contributed by atoms with van der Waals surface area (Å²) >= 11 is 6.58. The topological polar surface area (TPSA) is 12.5 Å². The normalized spacial score (nSPS) is 10.4. The van der Waals surface area contributed by atoms with E-state index in [2.05, 4.69) is 82.0 Å². The van der Waals surface area contributed by atoms with Crippen LogP contribution < -0.4 is 9.64 Å². The summed E-state index contributed by atoms with van der Waals surface area (Å²) in [5.74, 6) is 1.50. The maximum absolute atomic E-state index is 6.58. The number of aryl methyl sites for hydroxylation is 1. The SMILES string of the molecule is CC.COc1ccc(N(Cc2ccccc2Cl)C(=C(C)C)c2ccc(CC(C)C)cc2)c(C)c1. The Balaban J connectivity index is 0.00000199. The molecule has 3 heteroatoms. The van der Waals surface area contributed by atoms with E-state index in [-0.39, 0.29) is 0 Å². The van der Waals surface area contributed by atoms with Crippen molar-refractivity contribution in [1.29, 1.82) is 0 Å². The first-order valence-electron chi connectivity index (χ1n) is 12.2. The van der Waals surface area contributed by atoms with Crippen LogP contribution in [0.5, 0.6) is 5.75 Å². The van der Waals surface area contributed by atoms with Crippen molar-refractivity contribution in [3.63, 3.8) is 0 Å². The fourth-order valence-electron chi connectivity index (χ4n) is 4.12. The van der Waals surface area contributed by atoms with Crippen LogP contribution >= 0.6 is 11.6 Å². The second kappa shape index (κ2) is 13.2. The molecule has 0 aliphatic carbocycles. The molecule has 0 unspecified atom stereocenters. The quantitative estimate of drug-likeness (QED) is 0.320. The molecule has 0 atom stereocenters. The van der Waals surface area contributed by atoms with Gasteiger partial charge in [-0.15, -0.1) is 0 Å². The Morgan fingerprint density at radius 2 is 1.59 bits per heavy atom. The molecule has 182 valence electrons. The van der Waals surface area contributed by atoms with Crippen LogP contribution in [0.2, 0.25) is 5.02 Å². The van der Waals surface area contributed by atoms with Gasteiger partial charge in [-0.3, -0.25) is 0 Å². The van der Waals surface area contributed by atoms with Crippen LogP contribution in [-0.2, 0) is 13.0 Å². The maximum Gasteiger partial charge on any atom is 0.119 e. The van der Waals surface area contributed by atoms with Gasteiger partial charge in [-0.25, -0.2) is 0 Å². The molecule has 34 heavy (non-hydrogen) atoms. The first kappa shape index (κ1) is 27.5. The van der Waals surface area contributed by atoms with Gasteiger partial charge in [-0.2, -0.15) is 0 Å². The third-order valence-electron chi connectivity index (χ3n) is 5.60. The summed E-state index contributed by atoms with van der Waals surface area (Å²) in [5, 5.41) is 0.782. The van der Waals surface area contributed by atoms with Gasteiger partial charge < -0.3 is 9.64 Å². The van der Waals surface area contributed by atoms with E-state index in [1.165, 1.54) is 22.4 Å². The van der Waals surface area contributed by atoms with Gasteiger partial charge in [0.2, 0.25) is 0 Å². The van der Waals surface area contributed by atoms with Crippen molar-refractivity contribution in [2.75, 3.05) is 12.0 Å². The van der Waals surface area contributed by atoms with E-state index in [1.54, 1.807) is 7.11 Å². The number of methoxy groups -OCH3 is 1. The Hall–Kier alpha value is -2.71. The summed E-state index contributed by atoms with van der Waals surface area (Å²) in [6.07, 6.45) is 1.09. The van der Waals surface area contributed by atoms with Crippen molar-refractivity contribution in [3.8, 4) is 5.75 Å². The second-order valence-corrected chi connectivity index (χ2v) is 9.38. The fourth-order valence-corrected chi connectivity index (χ4v) is 4.32. The third-order valence-corrected chi connectivity index (χ3v) is 5.96. The lowest BCUT2D eigenvalue weighted by atomic mass is 9.98. The van der Waals surface area contributed by atoms with Gasteiger partial charge in [0, 0.05) is 23.0 Å². The number of nitrogens with zero attached hydrogens (tertiary/aromatic N) is 1. The zero-order valence-corrected chi connectivity index (χ0v) is 22.8. The third kappa shape index (κ3) is 7.14. The number of anilines is 1. The molecule has 0 N–H and O–H groups in total. The van der Waals surface area contributed by atoms with Crippen LogP contribution in [-0.4, -0.2) is 7.11 Å². The molecular weight excluding hydrogens is 438 g/mol. The first-order chi connectivity index (χ1) is 16.3. The highest BCUT2D eigenvalue weighted by Gasteiger charge is 2.19. The maximum atomic E-state index is 6.58. The van der Waals surface area contributed by atoms with Crippen molar-refractivity contribution in [3.05, 3.63) is 99.6 Å². The van der Waals surface area contributed by atoms with Crippen LogP contribution in [0.1, 0.15) is 63.8 Å². The Bertz CT molecular complexity index is 1080. The average molecular weight is 478 g/mol. The van der Waals surface area contributed by atoms with Gasteiger partial charge in [0.15, 0.2) is 0 Å². The van der Waals surface area contributed by atoms with Crippen molar-refractivity contribution < 1.29 is 4.74 Å². The summed E-state index contributed by atoms with van der Waals surface area (Å²) in [6.45, 7) is 15.7. The fraction of sp³-hybridized carbons (Fsp3) is 0.355. The van der Waals surface area contributed by atoms with Crippen LogP contribution in [0.15, 0.2) is 72.3 Å². The van der Waals surface area contributed by atoms with Gasteiger partial charge in [-0.05, 0) is 79.6 Å². The molecule has 0 spiro atoms. The highest BCUT2D eigenvalue weighted by atomic mass is 35.5. The van der Waals surface area contributed by atoms with Gasteiger partial charge in [-0.1, -0.05) is 87.3 Å². The number of ether oxygens (including phenoxy) is 1. The predicted octanol–water partition coefficient (Wildman–Crippen LogP) is 9.34. The molecule has 3 aromatic carbocycles. The van der Waals surface area contributed by atoms with Crippen molar-refractivity contribution in [1.82, 2.24) is 0 Å². The lowest BCUT2D eigenvalue weighted by molar-refractivity contribution is 0.414. The van der Waals surface area contributed by atoms with Crippen LogP contribution in [0.4, 0.5) is 5.69 Å². The first-order valence-corrected chi connectivity index (χ1v) is 12.6. The molecule has 0 bridgehead atoms. The monoisotopic (exact) mass is 477 g/mol. The van der Waals surface area contributed by atoms with Crippen LogP contribution in [0, 0.1) is 12.8 Å². The zero-order chi connectivity index (χ0) is 25.3. The van der Waals surface area contributed by atoms with E-state index in [4.69, 9.17) is 16.3 Å². The van der Waals surface area contributed by atoms with E-state index in [0.29, 0.717) is 12.5 Å². The van der Waals surface area contributed by atoms with Crippen molar-refractivity contribution in [2.24, 2.45) is 5.92 Å². The average Bonchev–Trinajstić information content (AvgIpc) is 2.82. The Labute approximate surface area is 212 Å². The number of halogens is 1. The highest BCUT2D eigenvalue weighted by Crippen LogP contribution is 2.35. The van der Waals surface area contributed by atoms with E-state index in [0.717, 1.165) is 34.0 Å². The summed E-state index contributed by atoms with van der Waals surface area (Å²) < 4.78 is 5.45. The lowest BCUT2D eigenvalue weighted by Crippen LogP contribution is -2.23. The van der Waals surface area contributed by atoms with E-state index in [1.807, 2.05) is 38.1 Å². The molecular formula is C31H40ClNO. The van der Waals surface area contributed by atoms with Crippen LogP contribution in [0.25, 0.3) is 5.70 Å². The van der Waals surface area contributed by atoms with E-state index < -0.39 is 0 Å². The number of hydrogen-bond donors (Lipinski definition) is 0. The van der Waals surface area contributed by atoms with Gasteiger partial charge in [0.05, 0.1) is 7.11 Å². The van der Waals surface area contributed by atoms with Crippen molar-refractivity contribution in [2.45, 2.75) is 61.4 Å². The Kier molecular flexibility index (Phi) is 10.7. The molecule has 0 amide bonds. The second-order valence-electron chi connectivity index (χ2n) is 8.97. The summed E-state index contributed by atoms with van der Waals surface area (Å²) in [5.41, 5.74) is 8.44. The number of hydrogen-bond acceptors (Lipinski definition) is 2. The standard InChI is InChI=1S/C29H34ClNO.C2H6/c1-20(2)17-23-11-13-24(14-12-23)29(21(3)4)31(19-25-9-7-8-10-27(25)30)28-16-15-26(32-6)18-22(28)5;1-2/h7-16,18,20H,17,19H2,1-6H3;1-2H3. The molecule has 0 aromatic heterocycles. The smallest absolute Gasteiger partial charge is 0.119 e. The summed E-state index contributed by atoms with van der Waals surface area (Å²) in [6, 6.07) is 23.3.